The molecule has 13 heteroatoms. The third-order valence-electron chi connectivity index (χ3n) is 3.46. The molecule has 0 unspecified atom stereocenters. The minimum absolute atomic E-state index is 0.490. The Hall–Kier alpha value is -1.54. The van der Waals surface area contributed by atoms with Crippen molar-refractivity contribution in [3.8, 4) is 0 Å². The zero-order chi connectivity index (χ0) is 17.0. The SMILES string of the molecule is C[C@@H](OS(=O)(=O)O)[C@@H]1C(=O)N2C(C(=O)O)=C(S(=O)(=O)O)C[C@H]12. The van der Waals surface area contributed by atoms with Crippen molar-refractivity contribution < 1.29 is 44.8 Å². The third-order valence-corrected chi connectivity index (χ3v) is 4.99. The smallest absolute Gasteiger partial charge is 0.397 e. The van der Waals surface area contributed by atoms with Gasteiger partial charge in [-0.15, -0.1) is 0 Å². The lowest BCUT2D eigenvalue weighted by Crippen LogP contribution is -2.62. The molecule has 0 aliphatic carbocycles. The molecule has 124 valence electrons. The molecule has 2 aliphatic rings. The van der Waals surface area contributed by atoms with Gasteiger partial charge in [0.1, 0.15) is 10.6 Å². The molecule has 0 aromatic heterocycles. The summed E-state index contributed by atoms with van der Waals surface area (Å²) in [4.78, 5) is 22.9. The van der Waals surface area contributed by atoms with Crippen LogP contribution in [0.15, 0.2) is 10.6 Å². The van der Waals surface area contributed by atoms with E-state index in [2.05, 4.69) is 4.18 Å². The standard InChI is InChI=1S/C9H11NO10S2/c1-3(20-22(17,18)19)6-4-2-5(21(14,15)16)7(9(12)13)10(4)8(6)11/h3-4,6H,2H2,1H3,(H,12,13)(H,14,15,16)(H,17,18,19)/t3-,4-,6+/m1/s1. The van der Waals surface area contributed by atoms with Crippen LogP contribution < -0.4 is 0 Å². The van der Waals surface area contributed by atoms with Crippen molar-refractivity contribution in [2.75, 3.05) is 0 Å². The quantitative estimate of drug-likeness (QED) is 0.392. The summed E-state index contributed by atoms with van der Waals surface area (Å²) in [6.45, 7) is 1.15. The summed E-state index contributed by atoms with van der Waals surface area (Å²) < 4.78 is 65.6. The fraction of sp³-hybridized carbons (Fsp3) is 0.556. The second-order valence-corrected chi connectivity index (χ2v) is 7.28. The molecule has 0 bridgehead atoms. The first-order chi connectivity index (χ1) is 9.84. The summed E-state index contributed by atoms with van der Waals surface area (Å²) in [7, 11) is -9.67. The van der Waals surface area contributed by atoms with Crippen molar-refractivity contribution in [3.05, 3.63) is 10.6 Å². The van der Waals surface area contributed by atoms with Crippen LogP contribution in [0.1, 0.15) is 13.3 Å². The number of β-lactam (4-membered cyclic amide) rings is 1. The van der Waals surface area contributed by atoms with Crippen LogP contribution in [-0.2, 0) is 34.3 Å². The van der Waals surface area contributed by atoms with Gasteiger partial charge in [-0.05, 0) is 6.92 Å². The highest BCUT2D eigenvalue weighted by Gasteiger charge is 2.59. The van der Waals surface area contributed by atoms with Gasteiger partial charge in [0.2, 0.25) is 5.91 Å². The number of carboxylic acids is 1. The van der Waals surface area contributed by atoms with Gasteiger partial charge in [0.25, 0.3) is 10.1 Å². The van der Waals surface area contributed by atoms with Crippen LogP contribution in [0.25, 0.3) is 0 Å². The molecule has 11 nitrogen and oxygen atoms in total. The number of fused-ring (bicyclic) bond motifs is 1. The largest absolute Gasteiger partial charge is 0.477 e. The second kappa shape index (κ2) is 4.99. The number of hydrogen-bond acceptors (Lipinski definition) is 7. The third kappa shape index (κ3) is 2.72. The minimum Gasteiger partial charge on any atom is -0.477 e. The van der Waals surface area contributed by atoms with Gasteiger partial charge in [0.05, 0.1) is 18.1 Å². The minimum atomic E-state index is -4.84. The zero-order valence-corrected chi connectivity index (χ0v) is 12.5. The Kier molecular flexibility index (Phi) is 3.81. The van der Waals surface area contributed by atoms with Gasteiger partial charge in [0, 0.05) is 6.42 Å². The number of aliphatic carboxylic acids is 1. The Labute approximate surface area is 124 Å². The molecule has 1 amide bonds. The van der Waals surface area contributed by atoms with Crippen molar-refractivity contribution in [2.45, 2.75) is 25.5 Å². The molecule has 3 atom stereocenters. The molecule has 2 rings (SSSR count). The molecule has 1 fully saturated rings. The topological polar surface area (TPSA) is 176 Å². The Balaban J connectivity index is 2.33. The molecular formula is C9H11NO10S2. The molecule has 1 saturated heterocycles. The lowest BCUT2D eigenvalue weighted by molar-refractivity contribution is -0.160. The maximum Gasteiger partial charge on any atom is 0.397 e. The van der Waals surface area contributed by atoms with E-state index in [0.717, 1.165) is 6.92 Å². The summed E-state index contributed by atoms with van der Waals surface area (Å²) in [5.41, 5.74) is -0.868. The monoisotopic (exact) mass is 357 g/mol. The van der Waals surface area contributed by atoms with E-state index in [1.807, 2.05) is 0 Å². The van der Waals surface area contributed by atoms with Crippen LogP contribution in [0, 0.1) is 5.92 Å². The number of carboxylic acid groups (broad SMARTS) is 1. The molecule has 0 aromatic rings. The van der Waals surface area contributed by atoms with Gasteiger partial charge < -0.3 is 10.0 Å². The number of carbonyl (C=O) groups is 2. The molecule has 2 aliphatic heterocycles. The fourth-order valence-electron chi connectivity index (χ4n) is 2.70. The first-order valence-electron chi connectivity index (χ1n) is 5.77. The van der Waals surface area contributed by atoms with E-state index in [9.17, 15) is 26.4 Å². The number of nitrogens with zero attached hydrogens (tertiary/aromatic N) is 1. The predicted octanol–water partition coefficient (Wildman–Crippen LogP) is -1.39. The number of hydrogen-bond donors (Lipinski definition) is 3. The molecule has 2 heterocycles. The first-order valence-corrected chi connectivity index (χ1v) is 8.58. The molecule has 22 heavy (non-hydrogen) atoms. The maximum absolute atomic E-state index is 12.0. The van der Waals surface area contributed by atoms with Crippen molar-refractivity contribution in [1.82, 2.24) is 4.90 Å². The van der Waals surface area contributed by atoms with Gasteiger partial charge in [-0.2, -0.15) is 16.8 Å². The fourth-order valence-corrected chi connectivity index (χ4v) is 4.01. The number of amides is 1. The zero-order valence-electron chi connectivity index (χ0n) is 10.9. The summed E-state index contributed by atoms with van der Waals surface area (Å²) in [6.07, 6.45) is -1.82. The molecule has 0 aromatic carbocycles. The van der Waals surface area contributed by atoms with Crippen LogP contribution in [0.3, 0.4) is 0 Å². The van der Waals surface area contributed by atoms with Crippen molar-refractivity contribution in [3.63, 3.8) is 0 Å². The lowest BCUT2D eigenvalue weighted by Gasteiger charge is -2.45. The van der Waals surface area contributed by atoms with Crippen molar-refractivity contribution >= 4 is 32.4 Å². The highest BCUT2D eigenvalue weighted by atomic mass is 32.3. The van der Waals surface area contributed by atoms with Crippen molar-refractivity contribution in [2.24, 2.45) is 5.92 Å². The van der Waals surface area contributed by atoms with Gasteiger partial charge in [-0.3, -0.25) is 13.9 Å². The van der Waals surface area contributed by atoms with Crippen LogP contribution in [0.5, 0.6) is 0 Å². The summed E-state index contributed by atoms with van der Waals surface area (Å²) in [5.74, 6) is -3.77. The molecular weight excluding hydrogens is 346 g/mol. The molecule has 0 radical (unpaired) electrons. The molecule has 3 N–H and O–H groups in total. The average Bonchev–Trinajstić information content (AvgIpc) is 2.61. The maximum atomic E-state index is 12.0. The second-order valence-electron chi connectivity index (χ2n) is 4.79. The summed E-state index contributed by atoms with van der Waals surface area (Å²) in [6, 6.07) is -0.993. The van der Waals surface area contributed by atoms with E-state index in [1.165, 1.54) is 0 Å². The van der Waals surface area contributed by atoms with Gasteiger partial charge >= 0.3 is 16.4 Å². The van der Waals surface area contributed by atoms with E-state index >= 15 is 0 Å². The highest BCUT2D eigenvalue weighted by Crippen LogP contribution is 2.45. The predicted molar refractivity (Wildman–Crippen MR) is 67.0 cm³/mol. The molecule has 0 saturated carbocycles. The van der Waals surface area contributed by atoms with Gasteiger partial charge in [-0.1, -0.05) is 0 Å². The Morgan fingerprint density at radius 3 is 2.27 bits per heavy atom. The highest BCUT2D eigenvalue weighted by molar-refractivity contribution is 7.89. The van der Waals surface area contributed by atoms with Gasteiger partial charge in [0.15, 0.2) is 0 Å². The Morgan fingerprint density at radius 1 is 1.32 bits per heavy atom. The average molecular weight is 357 g/mol. The first kappa shape index (κ1) is 16.8. The van der Waals surface area contributed by atoms with E-state index < -0.39 is 67.5 Å². The molecule has 0 spiro atoms. The van der Waals surface area contributed by atoms with E-state index in [-0.39, 0.29) is 0 Å². The van der Waals surface area contributed by atoms with Crippen LogP contribution in [0.2, 0.25) is 0 Å². The van der Waals surface area contributed by atoms with Crippen molar-refractivity contribution in [1.29, 1.82) is 0 Å². The van der Waals surface area contributed by atoms with E-state index in [1.54, 1.807) is 0 Å². The van der Waals surface area contributed by atoms with E-state index in [4.69, 9.17) is 14.2 Å². The van der Waals surface area contributed by atoms with E-state index in [0.29, 0.717) is 4.90 Å². The summed E-state index contributed by atoms with van der Waals surface area (Å²) >= 11 is 0. The normalized spacial score (nSPS) is 26.7. The van der Waals surface area contributed by atoms with Gasteiger partial charge in [-0.25, -0.2) is 8.98 Å². The Bertz CT molecular complexity index is 779. The summed E-state index contributed by atoms with van der Waals surface area (Å²) in [5, 5.41) is 9.00. The number of rotatable bonds is 5. The van der Waals surface area contributed by atoms with Crippen LogP contribution in [0.4, 0.5) is 0 Å². The number of carbonyl (C=O) groups excluding carboxylic acids is 1. The Morgan fingerprint density at radius 2 is 1.86 bits per heavy atom. The van der Waals surface area contributed by atoms with Crippen LogP contribution in [-0.4, -0.2) is 60.0 Å². The van der Waals surface area contributed by atoms with Crippen LogP contribution >= 0.6 is 0 Å². The lowest BCUT2D eigenvalue weighted by atomic mass is 9.83.